The molecule has 4 aromatic rings. The molecular formula is C26H28N2O2. The molecule has 1 aromatic heterocycles. The summed E-state index contributed by atoms with van der Waals surface area (Å²) in [5.41, 5.74) is 6.55. The molecule has 0 aliphatic heterocycles. The predicted octanol–water partition coefficient (Wildman–Crippen LogP) is 5.42. The van der Waals surface area contributed by atoms with Gasteiger partial charge in [0.15, 0.2) is 0 Å². The van der Waals surface area contributed by atoms with Gasteiger partial charge in [-0.15, -0.1) is 0 Å². The lowest BCUT2D eigenvalue weighted by Gasteiger charge is -2.12. The summed E-state index contributed by atoms with van der Waals surface area (Å²) < 4.78 is 7.81. The highest BCUT2D eigenvalue weighted by atomic mass is 16.5. The van der Waals surface area contributed by atoms with E-state index in [1.54, 1.807) is 7.11 Å². The molecule has 0 aliphatic carbocycles. The third kappa shape index (κ3) is 3.96. The molecule has 0 spiro atoms. The molecule has 30 heavy (non-hydrogen) atoms. The second kappa shape index (κ2) is 8.72. The Bertz CT molecular complexity index is 1130. The Hall–Kier alpha value is -3.11. The van der Waals surface area contributed by atoms with E-state index in [0.717, 1.165) is 40.2 Å². The van der Waals surface area contributed by atoms with E-state index in [-0.39, 0.29) is 6.61 Å². The van der Waals surface area contributed by atoms with E-state index in [4.69, 9.17) is 9.72 Å². The van der Waals surface area contributed by atoms with Crippen LogP contribution >= 0.6 is 0 Å². The third-order valence-corrected chi connectivity index (χ3v) is 5.50. The maximum absolute atomic E-state index is 9.71. The van der Waals surface area contributed by atoms with Crippen LogP contribution in [0.5, 0.6) is 5.75 Å². The van der Waals surface area contributed by atoms with Crippen molar-refractivity contribution in [3.05, 3.63) is 83.4 Å². The Morgan fingerprint density at radius 3 is 2.33 bits per heavy atom. The summed E-state index contributed by atoms with van der Waals surface area (Å²) in [5.74, 6) is 2.12. The molecule has 0 amide bonds. The van der Waals surface area contributed by atoms with Crippen LogP contribution in [0, 0.1) is 0 Å². The number of hydrogen-bond donors (Lipinski definition) is 1. The molecule has 1 heterocycles. The molecule has 0 fully saturated rings. The van der Waals surface area contributed by atoms with Gasteiger partial charge >= 0.3 is 0 Å². The fraction of sp³-hybridized carbons (Fsp3) is 0.269. The minimum absolute atomic E-state index is 0.0391. The molecule has 154 valence electrons. The van der Waals surface area contributed by atoms with Crippen LogP contribution in [0.2, 0.25) is 0 Å². The Morgan fingerprint density at radius 2 is 1.70 bits per heavy atom. The number of aliphatic hydroxyl groups is 1. The number of aromatic nitrogens is 2. The van der Waals surface area contributed by atoms with Crippen molar-refractivity contribution in [2.45, 2.75) is 32.7 Å². The topological polar surface area (TPSA) is 47.3 Å². The Labute approximate surface area is 177 Å². The fourth-order valence-corrected chi connectivity index (χ4v) is 3.93. The molecule has 0 bridgehead atoms. The molecule has 0 saturated heterocycles. The lowest BCUT2D eigenvalue weighted by Crippen LogP contribution is -2.05. The highest BCUT2D eigenvalue weighted by molar-refractivity contribution is 5.87. The molecule has 0 radical (unpaired) electrons. The van der Waals surface area contributed by atoms with E-state index in [0.29, 0.717) is 12.5 Å². The SMILES string of the molecule is COc1cc(Cc2ccccc2)cc2nc(-c3ccc(C(C)C)cc3)n(CCO)c12. The van der Waals surface area contributed by atoms with Crippen LogP contribution in [0.25, 0.3) is 22.4 Å². The number of hydrogen-bond acceptors (Lipinski definition) is 3. The van der Waals surface area contributed by atoms with Crippen LogP contribution in [-0.2, 0) is 13.0 Å². The normalized spacial score (nSPS) is 11.4. The summed E-state index contributed by atoms with van der Waals surface area (Å²) in [6.07, 6.45) is 0.818. The lowest BCUT2D eigenvalue weighted by molar-refractivity contribution is 0.278. The Balaban J connectivity index is 1.83. The number of fused-ring (bicyclic) bond motifs is 1. The highest BCUT2D eigenvalue weighted by Crippen LogP contribution is 2.33. The summed E-state index contributed by atoms with van der Waals surface area (Å²) in [5, 5.41) is 9.71. The van der Waals surface area contributed by atoms with Crippen molar-refractivity contribution < 1.29 is 9.84 Å². The van der Waals surface area contributed by atoms with E-state index in [1.165, 1.54) is 11.1 Å². The van der Waals surface area contributed by atoms with Crippen molar-refractivity contribution in [2.24, 2.45) is 0 Å². The number of nitrogens with zero attached hydrogens (tertiary/aromatic N) is 2. The molecule has 0 aliphatic rings. The van der Waals surface area contributed by atoms with Crippen molar-refractivity contribution in [1.29, 1.82) is 0 Å². The molecule has 4 heteroatoms. The second-order valence-corrected chi connectivity index (χ2v) is 7.92. The van der Waals surface area contributed by atoms with Gasteiger partial charge in [-0.1, -0.05) is 68.4 Å². The smallest absolute Gasteiger partial charge is 0.145 e. The van der Waals surface area contributed by atoms with Crippen LogP contribution in [-0.4, -0.2) is 28.4 Å². The molecule has 0 saturated carbocycles. The summed E-state index contributed by atoms with van der Waals surface area (Å²) in [7, 11) is 1.69. The van der Waals surface area contributed by atoms with Gasteiger partial charge in [0.05, 0.1) is 19.2 Å². The van der Waals surface area contributed by atoms with Crippen LogP contribution < -0.4 is 4.74 Å². The highest BCUT2D eigenvalue weighted by Gasteiger charge is 2.18. The molecule has 1 N–H and O–H groups in total. The zero-order chi connectivity index (χ0) is 21.1. The van der Waals surface area contributed by atoms with Crippen LogP contribution in [0.15, 0.2) is 66.7 Å². The van der Waals surface area contributed by atoms with Gasteiger partial charge in [0.2, 0.25) is 0 Å². The summed E-state index contributed by atoms with van der Waals surface area (Å²) in [6.45, 7) is 4.88. The van der Waals surface area contributed by atoms with Gasteiger partial charge in [0, 0.05) is 12.1 Å². The number of ether oxygens (including phenoxy) is 1. The quantitative estimate of drug-likeness (QED) is 0.451. The Kier molecular flexibility index (Phi) is 5.86. The lowest BCUT2D eigenvalue weighted by atomic mass is 10.0. The summed E-state index contributed by atoms with van der Waals surface area (Å²) in [6, 6.07) is 23.1. The van der Waals surface area contributed by atoms with Crippen LogP contribution in [0.3, 0.4) is 0 Å². The van der Waals surface area contributed by atoms with Gasteiger partial charge in [0.1, 0.15) is 17.1 Å². The number of rotatable bonds is 7. The largest absolute Gasteiger partial charge is 0.494 e. The first-order valence-electron chi connectivity index (χ1n) is 10.4. The summed E-state index contributed by atoms with van der Waals surface area (Å²) >= 11 is 0. The van der Waals surface area contributed by atoms with Crippen molar-refractivity contribution in [3.63, 3.8) is 0 Å². The number of imidazole rings is 1. The molecule has 3 aromatic carbocycles. The Morgan fingerprint density at radius 1 is 0.967 bits per heavy atom. The van der Waals surface area contributed by atoms with Gasteiger partial charge < -0.3 is 14.4 Å². The van der Waals surface area contributed by atoms with Gasteiger partial charge in [0.25, 0.3) is 0 Å². The average Bonchev–Trinajstić information content (AvgIpc) is 3.12. The minimum Gasteiger partial charge on any atom is -0.494 e. The predicted molar refractivity (Wildman–Crippen MR) is 122 cm³/mol. The third-order valence-electron chi connectivity index (χ3n) is 5.50. The van der Waals surface area contributed by atoms with Gasteiger partial charge in [-0.05, 0) is 41.2 Å². The van der Waals surface area contributed by atoms with Gasteiger partial charge in [-0.25, -0.2) is 4.98 Å². The number of benzene rings is 3. The zero-order valence-electron chi connectivity index (χ0n) is 17.8. The van der Waals surface area contributed by atoms with Gasteiger partial charge in [-0.3, -0.25) is 0 Å². The van der Waals surface area contributed by atoms with E-state index in [2.05, 4.69) is 79.1 Å². The standard InChI is InChI=1S/C26H28N2O2/c1-18(2)21-9-11-22(12-10-21)26-27-23-16-20(15-19-7-5-4-6-8-19)17-24(30-3)25(23)28(26)13-14-29/h4-12,16-18,29H,13-15H2,1-3H3. The van der Waals surface area contributed by atoms with Crippen molar-refractivity contribution in [2.75, 3.05) is 13.7 Å². The second-order valence-electron chi connectivity index (χ2n) is 7.92. The molecule has 4 nitrogen and oxygen atoms in total. The molecular weight excluding hydrogens is 372 g/mol. The van der Waals surface area contributed by atoms with E-state index < -0.39 is 0 Å². The number of methoxy groups -OCH3 is 1. The van der Waals surface area contributed by atoms with E-state index in [9.17, 15) is 5.11 Å². The molecule has 0 atom stereocenters. The summed E-state index contributed by atoms with van der Waals surface area (Å²) in [4.78, 5) is 4.96. The average molecular weight is 401 g/mol. The van der Waals surface area contributed by atoms with Crippen molar-refractivity contribution >= 4 is 11.0 Å². The van der Waals surface area contributed by atoms with Crippen LogP contribution in [0.1, 0.15) is 36.5 Å². The van der Waals surface area contributed by atoms with Crippen molar-refractivity contribution in [3.8, 4) is 17.1 Å². The zero-order valence-corrected chi connectivity index (χ0v) is 17.8. The fourth-order valence-electron chi connectivity index (χ4n) is 3.93. The first-order valence-corrected chi connectivity index (χ1v) is 10.4. The molecule has 4 rings (SSSR count). The van der Waals surface area contributed by atoms with E-state index in [1.807, 2.05) is 6.07 Å². The first kappa shape index (κ1) is 20.2. The maximum atomic E-state index is 9.71. The molecule has 0 unspecified atom stereocenters. The maximum Gasteiger partial charge on any atom is 0.145 e. The monoisotopic (exact) mass is 400 g/mol. The minimum atomic E-state index is 0.0391. The van der Waals surface area contributed by atoms with E-state index >= 15 is 0 Å². The van der Waals surface area contributed by atoms with Gasteiger partial charge in [-0.2, -0.15) is 0 Å². The van der Waals surface area contributed by atoms with Crippen LogP contribution in [0.4, 0.5) is 0 Å². The number of aliphatic hydroxyl groups excluding tert-OH is 1. The first-order chi connectivity index (χ1) is 14.6. The van der Waals surface area contributed by atoms with Crippen molar-refractivity contribution in [1.82, 2.24) is 9.55 Å².